The molecule has 0 amide bonds. The summed E-state index contributed by atoms with van der Waals surface area (Å²) in [5.74, 6) is 0.637. The van der Waals surface area contributed by atoms with E-state index in [0.29, 0.717) is 5.92 Å². The molecule has 0 aliphatic heterocycles. The molecule has 0 spiro atoms. The molecule has 1 nitrogen and oxygen atoms in total. The van der Waals surface area contributed by atoms with Gasteiger partial charge in [0.15, 0.2) is 0 Å². The van der Waals surface area contributed by atoms with E-state index in [2.05, 4.69) is 26.5 Å². The van der Waals surface area contributed by atoms with Crippen LogP contribution in [0.25, 0.3) is 0 Å². The fourth-order valence-electron chi connectivity index (χ4n) is 0.710. The van der Waals surface area contributed by atoms with Crippen molar-refractivity contribution < 1.29 is 0 Å². The third kappa shape index (κ3) is 3.78. The molecule has 0 aromatic rings. The largest absolute Gasteiger partial charge is 0.198 e. The Morgan fingerprint density at radius 1 is 1.67 bits per heavy atom. The zero-order valence-electron chi connectivity index (χ0n) is 6.09. The minimum absolute atomic E-state index is 0.0463. The Bertz CT molecular complexity index is 119. The minimum atomic E-state index is 0.0463. The zero-order valence-corrected chi connectivity index (χ0v) is 6.09. The molecule has 50 valence electrons. The van der Waals surface area contributed by atoms with E-state index in [1.807, 2.05) is 0 Å². The third-order valence-corrected chi connectivity index (χ3v) is 1.18. The first-order valence-electron chi connectivity index (χ1n) is 3.23. The standard InChI is InChI=1S/C8H13N/c1-4-8(6-9)5-7(2)3/h4,7-8H,1,5H2,2-3H3. The maximum atomic E-state index is 8.45. The highest BCUT2D eigenvalue weighted by molar-refractivity contribution is 4.95. The van der Waals surface area contributed by atoms with Crippen LogP contribution in [-0.2, 0) is 0 Å². The molecule has 0 aliphatic rings. The van der Waals surface area contributed by atoms with Crippen molar-refractivity contribution >= 4 is 0 Å². The van der Waals surface area contributed by atoms with E-state index >= 15 is 0 Å². The quantitative estimate of drug-likeness (QED) is 0.528. The monoisotopic (exact) mass is 123 g/mol. The fourth-order valence-corrected chi connectivity index (χ4v) is 0.710. The lowest BCUT2D eigenvalue weighted by Gasteiger charge is -2.04. The molecular weight excluding hydrogens is 110 g/mol. The summed E-state index contributed by atoms with van der Waals surface area (Å²) >= 11 is 0. The summed E-state index contributed by atoms with van der Waals surface area (Å²) in [5.41, 5.74) is 0. The first kappa shape index (κ1) is 8.23. The van der Waals surface area contributed by atoms with E-state index in [4.69, 9.17) is 5.26 Å². The van der Waals surface area contributed by atoms with E-state index < -0.39 is 0 Å². The Balaban J connectivity index is 3.59. The molecule has 0 aliphatic carbocycles. The topological polar surface area (TPSA) is 23.8 Å². The Labute approximate surface area is 57.0 Å². The summed E-state index contributed by atoms with van der Waals surface area (Å²) in [7, 11) is 0. The summed E-state index contributed by atoms with van der Waals surface area (Å²) in [4.78, 5) is 0. The minimum Gasteiger partial charge on any atom is -0.198 e. The van der Waals surface area contributed by atoms with Gasteiger partial charge in [-0.3, -0.25) is 0 Å². The van der Waals surface area contributed by atoms with Crippen LogP contribution in [-0.4, -0.2) is 0 Å². The van der Waals surface area contributed by atoms with Crippen LogP contribution in [0.2, 0.25) is 0 Å². The molecule has 1 heteroatoms. The van der Waals surface area contributed by atoms with Crippen molar-refractivity contribution in [3.63, 3.8) is 0 Å². The molecule has 0 saturated heterocycles. The summed E-state index contributed by atoms with van der Waals surface area (Å²) < 4.78 is 0. The molecule has 1 atom stereocenters. The molecule has 1 unspecified atom stereocenters. The van der Waals surface area contributed by atoms with Crippen LogP contribution < -0.4 is 0 Å². The molecule has 0 bridgehead atoms. The van der Waals surface area contributed by atoms with Crippen molar-refractivity contribution in [1.29, 1.82) is 5.26 Å². The van der Waals surface area contributed by atoms with E-state index in [1.165, 1.54) is 0 Å². The van der Waals surface area contributed by atoms with Crippen molar-refractivity contribution in [2.45, 2.75) is 20.3 Å². The molecule has 0 fully saturated rings. The highest BCUT2D eigenvalue weighted by Gasteiger charge is 2.03. The molecule has 0 heterocycles. The lowest BCUT2D eigenvalue weighted by atomic mass is 9.99. The van der Waals surface area contributed by atoms with Gasteiger partial charge in [-0.2, -0.15) is 5.26 Å². The molecule has 0 radical (unpaired) electrons. The Kier molecular flexibility index (Phi) is 3.79. The van der Waals surface area contributed by atoms with Crippen LogP contribution in [0.3, 0.4) is 0 Å². The van der Waals surface area contributed by atoms with E-state index in [9.17, 15) is 0 Å². The van der Waals surface area contributed by atoms with E-state index in [0.717, 1.165) is 6.42 Å². The Morgan fingerprint density at radius 2 is 2.22 bits per heavy atom. The van der Waals surface area contributed by atoms with Gasteiger partial charge >= 0.3 is 0 Å². The van der Waals surface area contributed by atoms with Gasteiger partial charge in [-0.05, 0) is 12.3 Å². The average Bonchev–Trinajstić information content (AvgIpc) is 1.82. The summed E-state index contributed by atoms with van der Waals surface area (Å²) in [6.45, 7) is 7.77. The second-order valence-electron chi connectivity index (χ2n) is 2.60. The number of hydrogen-bond donors (Lipinski definition) is 0. The lowest BCUT2D eigenvalue weighted by molar-refractivity contribution is 0.539. The highest BCUT2D eigenvalue weighted by atomic mass is 14.3. The van der Waals surface area contributed by atoms with Crippen molar-refractivity contribution in [2.24, 2.45) is 11.8 Å². The molecular formula is C8H13N. The summed E-state index contributed by atoms with van der Waals surface area (Å²) in [6.07, 6.45) is 2.64. The molecule has 0 aromatic heterocycles. The van der Waals surface area contributed by atoms with Crippen LogP contribution >= 0.6 is 0 Å². The van der Waals surface area contributed by atoms with Crippen molar-refractivity contribution in [2.75, 3.05) is 0 Å². The van der Waals surface area contributed by atoms with Crippen LogP contribution in [0.15, 0.2) is 12.7 Å². The maximum absolute atomic E-state index is 8.45. The first-order valence-corrected chi connectivity index (χ1v) is 3.23. The van der Waals surface area contributed by atoms with Crippen LogP contribution in [0.5, 0.6) is 0 Å². The van der Waals surface area contributed by atoms with Crippen molar-refractivity contribution in [3.05, 3.63) is 12.7 Å². The number of nitrogens with zero attached hydrogens (tertiary/aromatic N) is 1. The van der Waals surface area contributed by atoms with Crippen molar-refractivity contribution in [3.8, 4) is 6.07 Å². The third-order valence-electron chi connectivity index (χ3n) is 1.18. The molecule has 0 aromatic carbocycles. The van der Waals surface area contributed by atoms with E-state index in [1.54, 1.807) is 6.08 Å². The Morgan fingerprint density at radius 3 is 2.33 bits per heavy atom. The predicted octanol–water partition coefficient (Wildman–Crippen LogP) is 2.36. The van der Waals surface area contributed by atoms with Gasteiger partial charge in [-0.1, -0.05) is 19.9 Å². The normalized spacial score (nSPS) is 12.7. The van der Waals surface area contributed by atoms with Gasteiger partial charge in [0.1, 0.15) is 0 Å². The van der Waals surface area contributed by atoms with Gasteiger partial charge in [0.25, 0.3) is 0 Å². The molecule has 0 N–H and O–H groups in total. The van der Waals surface area contributed by atoms with Gasteiger partial charge in [-0.25, -0.2) is 0 Å². The van der Waals surface area contributed by atoms with Crippen LogP contribution in [0.1, 0.15) is 20.3 Å². The Hall–Kier alpha value is -0.770. The maximum Gasteiger partial charge on any atom is 0.0697 e. The van der Waals surface area contributed by atoms with Crippen molar-refractivity contribution in [1.82, 2.24) is 0 Å². The van der Waals surface area contributed by atoms with Gasteiger partial charge in [0.2, 0.25) is 0 Å². The number of allylic oxidation sites excluding steroid dienone is 1. The zero-order chi connectivity index (χ0) is 7.28. The van der Waals surface area contributed by atoms with Gasteiger partial charge in [-0.15, -0.1) is 6.58 Å². The number of hydrogen-bond acceptors (Lipinski definition) is 1. The van der Waals surface area contributed by atoms with E-state index in [-0.39, 0.29) is 5.92 Å². The summed E-state index contributed by atoms with van der Waals surface area (Å²) in [5, 5.41) is 8.45. The van der Waals surface area contributed by atoms with Gasteiger partial charge in [0.05, 0.1) is 12.0 Å². The fraction of sp³-hybridized carbons (Fsp3) is 0.625. The second kappa shape index (κ2) is 4.14. The predicted molar refractivity (Wildman–Crippen MR) is 38.8 cm³/mol. The molecule has 0 saturated carbocycles. The summed E-state index contributed by atoms with van der Waals surface area (Å²) in [6, 6.07) is 2.16. The highest BCUT2D eigenvalue weighted by Crippen LogP contribution is 2.10. The van der Waals surface area contributed by atoms with Crippen LogP contribution in [0.4, 0.5) is 0 Å². The molecule has 9 heavy (non-hydrogen) atoms. The first-order chi connectivity index (χ1) is 4.20. The number of nitriles is 1. The SMILES string of the molecule is C=CC(C#N)CC(C)C. The smallest absolute Gasteiger partial charge is 0.0697 e. The lowest BCUT2D eigenvalue weighted by Crippen LogP contribution is -1.97. The number of rotatable bonds is 3. The second-order valence-corrected chi connectivity index (χ2v) is 2.60. The molecule has 0 rings (SSSR count). The van der Waals surface area contributed by atoms with Crippen LogP contribution in [0, 0.1) is 23.2 Å². The average molecular weight is 123 g/mol. The van der Waals surface area contributed by atoms with Gasteiger partial charge < -0.3 is 0 Å². The van der Waals surface area contributed by atoms with Gasteiger partial charge in [0, 0.05) is 0 Å².